The number of nitrogen functional groups attached to an aromatic ring is 1. The lowest BCUT2D eigenvalue weighted by molar-refractivity contribution is 0.0693. The highest BCUT2D eigenvalue weighted by Gasteiger charge is 2.15. The van der Waals surface area contributed by atoms with Crippen molar-refractivity contribution in [3.8, 4) is 11.8 Å². The molecule has 2 rings (SSSR count). The molecule has 0 bridgehead atoms. The van der Waals surface area contributed by atoms with E-state index in [9.17, 15) is 4.79 Å². The molecule has 0 aromatic carbocycles. The van der Waals surface area contributed by atoms with E-state index in [0.717, 1.165) is 0 Å². The van der Waals surface area contributed by atoms with Crippen LogP contribution in [0.25, 0.3) is 0 Å². The highest BCUT2D eigenvalue weighted by molar-refractivity contribution is 5.91. The van der Waals surface area contributed by atoms with Crippen LogP contribution in [0.3, 0.4) is 0 Å². The third-order valence-corrected chi connectivity index (χ3v) is 2.24. The van der Waals surface area contributed by atoms with Gasteiger partial charge in [-0.2, -0.15) is 0 Å². The van der Waals surface area contributed by atoms with E-state index in [-0.39, 0.29) is 23.0 Å². The summed E-state index contributed by atoms with van der Waals surface area (Å²) >= 11 is 0. The van der Waals surface area contributed by atoms with E-state index in [1.54, 1.807) is 16.9 Å². The second-order valence-electron chi connectivity index (χ2n) is 3.54. The molecule has 0 radical (unpaired) electrons. The predicted molar refractivity (Wildman–Crippen MR) is 63.6 cm³/mol. The van der Waals surface area contributed by atoms with Crippen LogP contribution >= 0.6 is 0 Å². The van der Waals surface area contributed by atoms with Crippen LogP contribution < -0.4 is 10.5 Å². The van der Waals surface area contributed by atoms with Gasteiger partial charge in [0, 0.05) is 18.8 Å². The van der Waals surface area contributed by atoms with Crippen LogP contribution in [0.4, 0.5) is 5.69 Å². The van der Waals surface area contributed by atoms with Gasteiger partial charge in [-0.05, 0) is 13.0 Å². The Kier molecular flexibility index (Phi) is 3.13. The number of nitrogens with two attached hydrogens (primary N) is 1. The van der Waals surface area contributed by atoms with Gasteiger partial charge in [0.1, 0.15) is 5.56 Å². The minimum Gasteiger partial charge on any atom is -0.477 e. The average Bonchev–Trinajstić information content (AvgIpc) is 2.79. The summed E-state index contributed by atoms with van der Waals surface area (Å²) in [6.45, 7) is 2.63. The van der Waals surface area contributed by atoms with E-state index >= 15 is 0 Å². The average molecular weight is 248 g/mol. The van der Waals surface area contributed by atoms with Crippen LogP contribution in [0.5, 0.6) is 11.8 Å². The molecule has 0 unspecified atom stereocenters. The number of pyridine rings is 1. The summed E-state index contributed by atoms with van der Waals surface area (Å²) in [6, 6.07) is 2.93. The van der Waals surface area contributed by atoms with Crippen LogP contribution in [0.15, 0.2) is 24.5 Å². The molecule has 18 heavy (non-hydrogen) atoms. The zero-order valence-electron chi connectivity index (χ0n) is 9.70. The normalized spacial score (nSPS) is 10.3. The highest BCUT2D eigenvalue weighted by atomic mass is 16.5. The van der Waals surface area contributed by atoms with Gasteiger partial charge in [0.05, 0.1) is 11.9 Å². The smallest absolute Gasteiger partial charge is 0.341 e. The first-order valence-electron chi connectivity index (χ1n) is 5.30. The number of aromatic nitrogens is 3. The van der Waals surface area contributed by atoms with Crippen LogP contribution in [0.1, 0.15) is 17.3 Å². The lowest BCUT2D eigenvalue weighted by Gasteiger charge is -2.05. The van der Waals surface area contributed by atoms with Crippen molar-refractivity contribution in [2.45, 2.75) is 13.5 Å². The Bertz CT molecular complexity index is 579. The maximum atomic E-state index is 11.0. The Morgan fingerprint density at radius 3 is 3.00 bits per heavy atom. The number of carboxylic acid groups (broad SMARTS) is 1. The van der Waals surface area contributed by atoms with Crippen molar-refractivity contribution in [1.29, 1.82) is 0 Å². The van der Waals surface area contributed by atoms with Crippen molar-refractivity contribution in [3.63, 3.8) is 0 Å². The van der Waals surface area contributed by atoms with Crippen molar-refractivity contribution in [1.82, 2.24) is 14.8 Å². The number of aryl methyl sites for hydroxylation is 1. The third-order valence-electron chi connectivity index (χ3n) is 2.24. The number of anilines is 1. The number of carbonyl (C=O) groups is 1. The van der Waals surface area contributed by atoms with Crippen molar-refractivity contribution in [2.75, 3.05) is 5.73 Å². The van der Waals surface area contributed by atoms with E-state index in [0.29, 0.717) is 6.54 Å². The summed E-state index contributed by atoms with van der Waals surface area (Å²) in [7, 11) is 0. The van der Waals surface area contributed by atoms with Crippen LogP contribution in [-0.2, 0) is 6.54 Å². The fraction of sp³-hybridized carbons (Fsp3) is 0.182. The molecule has 0 fully saturated rings. The molecule has 0 aliphatic heterocycles. The summed E-state index contributed by atoms with van der Waals surface area (Å²) in [4.78, 5) is 14.9. The predicted octanol–water partition coefficient (Wildman–Crippen LogP) is 1.37. The van der Waals surface area contributed by atoms with Crippen LogP contribution in [-0.4, -0.2) is 25.8 Å². The summed E-state index contributed by atoms with van der Waals surface area (Å²) in [5, 5.41) is 13.1. The van der Waals surface area contributed by atoms with Gasteiger partial charge in [-0.15, -0.1) is 5.10 Å². The highest BCUT2D eigenvalue weighted by Crippen LogP contribution is 2.23. The molecule has 0 atom stereocenters. The molecule has 0 saturated carbocycles. The van der Waals surface area contributed by atoms with Crippen molar-refractivity contribution < 1.29 is 14.6 Å². The SMILES string of the molecule is CCn1ccc(Oc2ncc(N)cc2C(=O)O)n1. The summed E-state index contributed by atoms with van der Waals surface area (Å²) in [5.41, 5.74) is 5.65. The lowest BCUT2D eigenvalue weighted by atomic mass is 10.2. The summed E-state index contributed by atoms with van der Waals surface area (Å²) < 4.78 is 6.99. The Morgan fingerprint density at radius 2 is 2.39 bits per heavy atom. The number of carboxylic acids is 1. The molecule has 0 saturated heterocycles. The Hall–Kier alpha value is -2.57. The molecular weight excluding hydrogens is 236 g/mol. The number of aromatic carboxylic acids is 1. The molecule has 2 aromatic heterocycles. The van der Waals surface area contributed by atoms with Gasteiger partial charge in [0.15, 0.2) is 0 Å². The molecular formula is C11H12N4O3. The van der Waals surface area contributed by atoms with Gasteiger partial charge in [-0.3, -0.25) is 4.68 Å². The molecule has 94 valence electrons. The van der Waals surface area contributed by atoms with Crippen molar-refractivity contribution in [2.24, 2.45) is 0 Å². The molecule has 3 N–H and O–H groups in total. The zero-order chi connectivity index (χ0) is 13.1. The van der Waals surface area contributed by atoms with Gasteiger partial charge < -0.3 is 15.6 Å². The zero-order valence-corrected chi connectivity index (χ0v) is 9.70. The number of hydrogen-bond acceptors (Lipinski definition) is 5. The summed E-state index contributed by atoms with van der Waals surface area (Å²) in [6.07, 6.45) is 3.06. The number of ether oxygens (including phenoxy) is 1. The van der Waals surface area contributed by atoms with Gasteiger partial charge in [0.2, 0.25) is 11.8 Å². The van der Waals surface area contributed by atoms with Gasteiger partial charge in [0.25, 0.3) is 0 Å². The van der Waals surface area contributed by atoms with E-state index in [4.69, 9.17) is 15.6 Å². The Labute approximate surface area is 103 Å². The lowest BCUT2D eigenvalue weighted by Crippen LogP contribution is -2.04. The molecule has 0 aliphatic rings. The molecule has 2 aromatic rings. The number of rotatable bonds is 4. The molecule has 0 aliphatic carbocycles. The maximum Gasteiger partial charge on any atom is 0.341 e. The molecule has 2 heterocycles. The Balaban J connectivity index is 2.30. The minimum absolute atomic E-state index is 0.0296. The number of hydrogen-bond donors (Lipinski definition) is 2. The quantitative estimate of drug-likeness (QED) is 0.846. The standard InChI is InChI=1S/C11H12N4O3/c1-2-15-4-3-9(14-15)18-10-8(11(16)17)5-7(12)6-13-10/h3-6H,2,12H2,1H3,(H,16,17). The van der Waals surface area contributed by atoms with Gasteiger partial charge >= 0.3 is 5.97 Å². The van der Waals surface area contributed by atoms with Gasteiger partial charge in [-0.25, -0.2) is 9.78 Å². The molecule has 0 spiro atoms. The third kappa shape index (κ3) is 2.40. The van der Waals surface area contributed by atoms with Crippen LogP contribution in [0, 0.1) is 0 Å². The summed E-state index contributed by atoms with van der Waals surface area (Å²) in [5.74, 6) is -0.894. The molecule has 7 nitrogen and oxygen atoms in total. The largest absolute Gasteiger partial charge is 0.477 e. The van der Waals surface area contributed by atoms with Crippen LogP contribution in [0.2, 0.25) is 0 Å². The molecule has 7 heteroatoms. The van der Waals surface area contributed by atoms with Crippen molar-refractivity contribution in [3.05, 3.63) is 30.1 Å². The fourth-order valence-corrected chi connectivity index (χ4v) is 1.38. The first-order chi connectivity index (χ1) is 8.60. The molecule has 0 amide bonds. The van der Waals surface area contributed by atoms with E-state index in [2.05, 4.69) is 10.1 Å². The van der Waals surface area contributed by atoms with E-state index < -0.39 is 5.97 Å². The second kappa shape index (κ2) is 4.74. The fourth-order valence-electron chi connectivity index (χ4n) is 1.38. The number of nitrogens with zero attached hydrogens (tertiary/aromatic N) is 3. The Morgan fingerprint density at radius 1 is 1.61 bits per heavy atom. The minimum atomic E-state index is -1.15. The van der Waals surface area contributed by atoms with Gasteiger partial charge in [-0.1, -0.05) is 0 Å². The maximum absolute atomic E-state index is 11.0. The monoisotopic (exact) mass is 248 g/mol. The topological polar surface area (TPSA) is 103 Å². The van der Waals surface area contributed by atoms with E-state index in [1.807, 2.05) is 6.92 Å². The van der Waals surface area contributed by atoms with E-state index in [1.165, 1.54) is 12.3 Å². The second-order valence-corrected chi connectivity index (χ2v) is 3.54. The first-order valence-corrected chi connectivity index (χ1v) is 5.30. The first kappa shape index (κ1) is 11.9. The van der Waals surface area contributed by atoms with Crippen molar-refractivity contribution >= 4 is 11.7 Å².